The Bertz CT molecular complexity index is 299. The van der Waals surface area contributed by atoms with Crippen LogP contribution in [0.15, 0.2) is 12.1 Å². The van der Waals surface area contributed by atoms with Crippen molar-refractivity contribution in [1.82, 2.24) is 0 Å². The normalized spacial score (nSPS) is 21.5. The molecular weight excluding hydrogens is 244 g/mol. The van der Waals surface area contributed by atoms with Crippen LogP contribution < -0.4 is 0 Å². The summed E-state index contributed by atoms with van der Waals surface area (Å²) in [6, 6.07) is 4.47. The van der Waals surface area contributed by atoms with Gasteiger partial charge in [-0.1, -0.05) is 22.9 Å². The minimum Gasteiger partial charge on any atom is -0.145 e. The van der Waals surface area contributed by atoms with Crippen LogP contribution in [0.3, 0.4) is 0 Å². The maximum absolute atomic E-state index is 3.79. The van der Waals surface area contributed by atoms with Crippen molar-refractivity contribution in [2.45, 2.75) is 37.9 Å². The minimum absolute atomic E-state index is 0.582. The smallest absolute Gasteiger partial charge is 0.0494 e. The quantitative estimate of drug-likeness (QED) is 0.691. The van der Waals surface area contributed by atoms with Crippen LogP contribution in [-0.2, 0) is 0 Å². The fourth-order valence-electron chi connectivity index (χ4n) is 1.57. The van der Waals surface area contributed by atoms with Crippen LogP contribution in [0.1, 0.15) is 40.8 Å². The summed E-state index contributed by atoms with van der Waals surface area (Å²) in [7, 11) is 0. The van der Waals surface area contributed by atoms with E-state index in [0.717, 1.165) is 0 Å². The third-order valence-electron chi connectivity index (χ3n) is 2.85. The van der Waals surface area contributed by atoms with E-state index in [1.807, 2.05) is 11.3 Å². The summed E-state index contributed by atoms with van der Waals surface area (Å²) in [6.07, 6.45) is 4.13. The van der Waals surface area contributed by atoms with E-state index in [4.69, 9.17) is 0 Å². The Morgan fingerprint density at radius 3 is 2.69 bits per heavy atom. The van der Waals surface area contributed by atoms with Crippen molar-refractivity contribution in [3.05, 3.63) is 21.9 Å². The predicted molar refractivity (Wildman–Crippen MR) is 62.7 cm³/mol. The Labute approximate surface area is 92.5 Å². The Morgan fingerprint density at radius 1 is 1.54 bits per heavy atom. The highest BCUT2D eigenvalue weighted by molar-refractivity contribution is 9.09. The fourth-order valence-corrected chi connectivity index (χ4v) is 3.64. The Kier molecular flexibility index (Phi) is 2.54. The number of halogens is 1. The first-order valence-electron chi connectivity index (χ1n) is 4.79. The molecule has 1 atom stereocenters. The molecular formula is C11H15BrS. The lowest BCUT2D eigenvalue weighted by atomic mass is 10.0. The van der Waals surface area contributed by atoms with Crippen LogP contribution in [0.5, 0.6) is 0 Å². The predicted octanol–water partition coefficient (Wildman–Crippen LogP) is 4.68. The average molecular weight is 259 g/mol. The van der Waals surface area contributed by atoms with Crippen LogP contribution in [-0.4, -0.2) is 0 Å². The highest BCUT2D eigenvalue weighted by Gasteiger charge is 2.39. The van der Waals surface area contributed by atoms with E-state index in [2.05, 4.69) is 41.9 Å². The molecule has 0 amide bonds. The van der Waals surface area contributed by atoms with Crippen molar-refractivity contribution in [3.63, 3.8) is 0 Å². The molecule has 1 aromatic rings. The van der Waals surface area contributed by atoms with Gasteiger partial charge in [-0.15, -0.1) is 11.3 Å². The first-order chi connectivity index (χ1) is 6.09. The van der Waals surface area contributed by atoms with Crippen LogP contribution >= 0.6 is 27.3 Å². The minimum atomic E-state index is 0.582. The standard InChI is InChI=1S/C11H15BrS/c1-8-3-4-10(13-8)9(12)7-11(2)5-6-11/h3-4,9H,5-7H2,1-2H3. The number of hydrogen-bond donors (Lipinski definition) is 0. The molecule has 1 heterocycles. The molecule has 0 N–H and O–H groups in total. The molecule has 13 heavy (non-hydrogen) atoms. The highest BCUT2D eigenvalue weighted by atomic mass is 79.9. The van der Waals surface area contributed by atoms with Gasteiger partial charge in [0.2, 0.25) is 0 Å². The second-order valence-corrected chi connectivity index (χ2v) is 6.86. The fraction of sp³-hybridized carbons (Fsp3) is 0.636. The van der Waals surface area contributed by atoms with E-state index in [0.29, 0.717) is 10.2 Å². The topological polar surface area (TPSA) is 0 Å². The van der Waals surface area contributed by atoms with Gasteiger partial charge in [0.1, 0.15) is 0 Å². The van der Waals surface area contributed by atoms with Gasteiger partial charge in [-0.25, -0.2) is 0 Å². The zero-order valence-electron chi connectivity index (χ0n) is 8.14. The lowest BCUT2D eigenvalue weighted by molar-refractivity contribution is 0.518. The summed E-state index contributed by atoms with van der Waals surface area (Å²) in [6.45, 7) is 4.56. The molecule has 0 nitrogen and oxygen atoms in total. The summed E-state index contributed by atoms with van der Waals surface area (Å²) in [4.78, 5) is 3.49. The molecule has 1 fully saturated rings. The average Bonchev–Trinajstić information content (AvgIpc) is 2.62. The van der Waals surface area contributed by atoms with Gasteiger partial charge in [0, 0.05) is 14.6 Å². The Balaban J connectivity index is 2.00. The Morgan fingerprint density at radius 2 is 2.23 bits per heavy atom. The molecule has 2 heteroatoms. The number of alkyl halides is 1. The first kappa shape index (κ1) is 9.72. The lowest BCUT2D eigenvalue weighted by Crippen LogP contribution is -1.97. The number of thiophene rings is 1. The molecule has 0 aromatic carbocycles. The van der Waals surface area contributed by atoms with Gasteiger partial charge in [-0.05, 0) is 43.7 Å². The zero-order valence-corrected chi connectivity index (χ0v) is 10.5. The molecule has 1 aliphatic carbocycles. The van der Waals surface area contributed by atoms with Crippen molar-refractivity contribution in [2.24, 2.45) is 5.41 Å². The zero-order chi connectivity index (χ0) is 9.47. The molecule has 1 aromatic heterocycles. The van der Waals surface area contributed by atoms with Crippen LogP contribution in [0.2, 0.25) is 0 Å². The van der Waals surface area contributed by atoms with E-state index in [-0.39, 0.29) is 0 Å². The second-order valence-electron chi connectivity index (χ2n) is 4.43. The van der Waals surface area contributed by atoms with Crippen molar-refractivity contribution < 1.29 is 0 Å². The molecule has 1 saturated carbocycles. The third-order valence-corrected chi connectivity index (χ3v) is 5.08. The summed E-state index contributed by atoms with van der Waals surface area (Å²) in [5.74, 6) is 0. The highest BCUT2D eigenvalue weighted by Crippen LogP contribution is 2.53. The summed E-state index contributed by atoms with van der Waals surface area (Å²) >= 11 is 5.70. The second kappa shape index (κ2) is 3.39. The van der Waals surface area contributed by atoms with Gasteiger partial charge in [0.15, 0.2) is 0 Å². The van der Waals surface area contributed by atoms with E-state index in [1.165, 1.54) is 29.0 Å². The van der Waals surface area contributed by atoms with E-state index < -0.39 is 0 Å². The SMILES string of the molecule is Cc1ccc(C(Br)CC2(C)CC2)s1. The number of aryl methyl sites for hydroxylation is 1. The summed E-state index contributed by atoms with van der Waals surface area (Å²) < 4.78 is 0. The van der Waals surface area contributed by atoms with Crippen molar-refractivity contribution >= 4 is 27.3 Å². The molecule has 0 aliphatic heterocycles. The van der Waals surface area contributed by atoms with Crippen LogP contribution in [0.25, 0.3) is 0 Å². The van der Waals surface area contributed by atoms with Gasteiger partial charge >= 0.3 is 0 Å². The van der Waals surface area contributed by atoms with E-state index in [9.17, 15) is 0 Å². The summed E-state index contributed by atoms with van der Waals surface area (Å²) in [5, 5.41) is 0. The molecule has 0 saturated heterocycles. The molecule has 2 rings (SSSR count). The number of hydrogen-bond acceptors (Lipinski definition) is 1. The van der Waals surface area contributed by atoms with Crippen molar-refractivity contribution in [2.75, 3.05) is 0 Å². The van der Waals surface area contributed by atoms with Crippen LogP contribution in [0, 0.1) is 12.3 Å². The van der Waals surface area contributed by atoms with Crippen molar-refractivity contribution in [1.29, 1.82) is 0 Å². The molecule has 72 valence electrons. The maximum Gasteiger partial charge on any atom is 0.0494 e. The van der Waals surface area contributed by atoms with E-state index in [1.54, 1.807) is 0 Å². The van der Waals surface area contributed by atoms with Crippen molar-refractivity contribution in [3.8, 4) is 0 Å². The van der Waals surface area contributed by atoms with Gasteiger partial charge in [0.25, 0.3) is 0 Å². The van der Waals surface area contributed by atoms with Gasteiger partial charge in [0.05, 0.1) is 0 Å². The van der Waals surface area contributed by atoms with Gasteiger partial charge in [-0.3, -0.25) is 0 Å². The monoisotopic (exact) mass is 258 g/mol. The largest absolute Gasteiger partial charge is 0.145 e. The van der Waals surface area contributed by atoms with Gasteiger partial charge in [-0.2, -0.15) is 0 Å². The Hall–Kier alpha value is 0.180. The van der Waals surface area contributed by atoms with Crippen LogP contribution in [0.4, 0.5) is 0 Å². The number of rotatable bonds is 3. The molecule has 0 bridgehead atoms. The summed E-state index contributed by atoms with van der Waals surface area (Å²) in [5.41, 5.74) is 0.645. The van der Waals surface area contributed by atoms with Gasteiger partial charge < -0.3 is 0 Å². The maximum atomic E-state index is 3.79. The first-order valence-corrected chi connectivity index (χ1v) is 6.53. The lowest BCUT2D eigenvalue weighted by Gasteiger charge is -2.12. The molecule has 1 unspecified atom stereocenters. The molecule has 0 radical (unpaired) electrons. The van der Waals surface area contributed by atoms with E-state index >= 15 is 0 Å². The molecule has 0 spiro atoms. The third kappa shape index (κ3) is 2.35. The molecule has 1 aliphatic rings.